The molecule has 3 heteroatoms. The highest BCUT2D eigenvalue weighted by atomic mass is 16.7. The summed E-state index contributed by atoms with van der Waals surface area (Å²) in [5.41, 5.74) is 1.80. The van der Waals surface area contributed by atoms with Crippen LogP contribution in [0.4, 0.5) is 0 Å². The summed E-state index contributed by atoms with van der Waals surface area (Å²) < 4.78 is 11.9. The standard InChI is InChI=1S/C20H29NO2/c1-2-5-9-18(8-4-1)19(10-6-3-7-11-19)21-14-12-20(13-15-21)22-16-17-23-20/h1-2,4,8-9H,3,5-7,10-17H2. The minimum absolute atomic E-state index is 0.251. The second kappa shape index (κ2) is 6.54. The number of rotatable bonds is 2. The monoisotopic (exact) mass is 315 g/mol. The van der Waals surface area contributed by atoms with Crippen LogP contribution in [0.15, 0.2) is 36.0 Å². The lowest BCUT2D eigenvalue weighted by Gasteiger charge is -2.51. The van der Waals surface area contributed by atoms with E-state index in [0.29, 0.717) is 0 Å². The van der Waals surface area contributed by atoms with Gasteiger partial charge in [-0.3, -0.25) is 4.90 Å². The van der Waals surface area contributed by atoms with Crippen molar-refractivity contribution in [3.8, 4) is 0 Å². The van der Waals surface area contributed by atoms with Gasteiger partial charge in [0, 0.05) is 31.5 Å². The molecule has 0 N–H and O–H groups in total. The smallest absolute Gasteiger partial charge is 0.170 e. The van der Waals surface area contributed by atoms with E-state index in [4.69, 9.17) is 9.47 Å². The summed E-state index contributed by atoms with van der Waals surface area (Å²) in [4.78, 5) is 2.75. The Kier molecular flexibility index (Phi) is 4.44. The fourth-order valence-corrected chi connectivity index (χ4v) is 4.91. The summed E-state index contributed by atoms with van der Waals surface area (Å²) in [6.45, 7) is 3.73. The second-order valence-corrected chi connectivity index (χ2v) is 7.37. The van der Waals surface area contributed by atoms with Crippen LogP contribution in [0.25, 0.3) is 0 Å². The van der Waals surface area contributed by atoms with Crippen molar-refractivity contribution in [2.45, 2.75) is 62.7 Å². The van der Waals surface area contributed by atoms with Crippen molar-refractivity contribution in [1.29, 1.82) is 0 Å². The van der Waals surface area contributed by atoms with Crippen molar-refractivity contribution in [3.05, 3.63) is 36.0 Å². The van der Waals surface area contributed by atoms with Crippen LogP contribution in [0.5, 0.6) is 0 Å². The van der Waals surface area contributed by atoms with Crippen molar-refractivity contribution in [3.63, 3.8) is 0 Å². The molecular weight excluding hydrogens is 286 g/mol. The maximum absolute atomic E-state index is 5.93. The Morgan fingerprint density at radius 2 is 1.61 bits per heavy atom. The topological polar surface area (TPSA) is 21.7 Å². The van der Waals surface area contributed by atoms with Gasteiger partial charge in [0.2, 0.25) is 0 Å². The van der Waals surface area contributed by atoms with Gasteiger partial charge in [-0.05, 0) is 24.8 Å². The van der Waals surface area contributed by atoms with Gasteiger partial charge in [-0.1, -0.05) is 49.6 Å². The first-order valence-electron chi connectivity index (χ1n) is 9.40. The van der Waals surface area contributed by atoms with Gasteiger partial charge in [0.1, 0.15) is 0 Å². The Morgan fingerprint density at radius 3 is 2.35 bits per heavy atom. The Balaban J connectivity index is 1.55. The van der Waals surface area contributed by atoms with E-state index in [1.54, 1.807) is 5.57 Å². The number of ether oxygens (including phenoxy) is 2. The van der Waals surface area contributed by atoms with Crippen LogP contribution >= 0.6 is 0 Å². The average Bonchev–Trinajstić information content (AvgIpc) is 2.88. The fourth-order valence-electron chi connectivity index (χ4n) is 4.91. The summed E-state index contributed by atoms with van der Waals surface area (Å²) >= 11 is 0. The first-order valence-corrected chi connectivity index (χ1v) is 9.40. The maximum atomic E-state index is 5.93. The van der Waals surface area contributed by atoms with Crippen molar-refractivity contribution in [2.75, 3.05) is 26.3 Å². The maximum Gasteiger partial charge on any atom is 0.170 e. The summed E-state index contributed by atoms with van der Waals surface area (Å²) in [5, 5.41) is 0. The Bertz CT molecular complexity index is 498. The van der Waals surface area contributed by atoms with Crippen LogP contribution in [0.3, 0.4) is 0 Å². The lowest BCUT2D eigenvalue weighted by molar-refractivity contribution is -0.192. The molecule has 2 saturated heterocycles. The molecule has 2 heterocycles. The Labute approximate surface area is 140 Å². The number of allylic oxidation sites excluding steroid dienone is 4. The number of likely N-dealkylation sites (tertiary alicyclic amines) is 1. The fraction of sp³-hybridized carbons (Fsp3) is 0.700. The van der Waals surface area contributed by atoms with E-state index in [9.17, 15) is 0 Å². The van der Waals surface area contributed by atoms with Gasteiger partial charge in [0.05, 0.1) is 13.2 Å². The second-order valence-electron chi connectivity index (χ2n) is 7.37. The number of hydrogen-bond donors (Lipinski definition) is 0. The average molecular weight is 315 g/mol. The lowest BCUT2D eigenvalue weighted by Crippen LogP contribution is -2.57. The molecule has 0 amide bonds. The highest BCUT2D eigenvalue weighted by Crippen LogP contribution is 2.44. The van der Waals surface area contributed by atoms with Crippen LogP contribution in [0.1, 0.15) is 51.4 Å². The van der Waals surface area contributed by atoms with Gasteiger partial charge >= 0.3 is 0 Å². The molecule has 0 unspecified atom stereocenters. The molecule has 4 aliphatic rings. The minimum Gasteiger partial charge on any atom is -0.347 e. The molecule has 3 fully saturated rings. The van der Waals surface area contributed by atoms with Crippen LogP contribution in [-0.2, 0) is 9.47 Å². The van der Waals surface area contributed by atoms with Gasteiger partial charge in [-0.25, -0.2) is 0 Å². The Morgan fingerprint density at radius 1 is 0.870 bits per heavy atom. The molecule has 2 aliphatic heterocycles. The van der Waals surface area contributed by atoms with Crippen molar-refractivity contribution in [2.24, 2.45) is 0 Å². The highest BCUT2D eigenvalue weighted by Gasteiger charge is 2.46. The van der Waals surface area contributed by atoms with Crippen LogP contribution < -0.4 is 0 Å². The van der Waals surface area contributed by atoms with E-state index in [1.165, 1.54) is 32.1 Å². The first-order chi connectivity index (χ1) is 11.3. The summed E-state index contributed by atoms with van der Waals surface area (Å²) in [7, 11) is 0. The van der Waals surface area contributed by atoms with E-state index in [1.807, 2.05) is 0 Å². The largest absolute Gasteiger partial charge is 0.347 e. The van der Waals surface area contributed by atoms with Gasteiger partial charge in [0.15, 0.2) is 5.79 Å². The Hall–Kier alpha value is -0.900. The van der Waals surface area contributed by atoms with Crippen LogP contribution in [0, 0.1) is 0 Å². The van der Waals surface area contributed by atoms with Crippen LogP contribution in [0.2, 0.25) is 0 Å². The highest BCUT2D eigenvalue weighted by molar-refractivity contribution is 5.36. The first kappa shape index (κ1) is 15.6. The number of nitrogens with zero attached hydrogens (tertiary/aromatic N) is 1. The zero-order valence-corrected chi connectivity index (χ0v) is 14.1. The molecule has 126 valence electrons. The molecule has 0 bridgehead atoms. The number of piperidine rings is 1. The predicted molar refractivity (Wildman–Crippen MR) is 92.2 cm³/mol. The van der Waals surface area contributed by atoms with E-state index >= 15 is 0 Å². The zero-order chi connectivity index (χ0) is 15.6. The molecule has 1 spiro atoms. The van der Waals surface area contributed by atoms with Crippen molar-refractivity contribution in [1.82, 2.24) is 4.90 Å². The molecule has 0 radical (unpaired) electrons. The molecule has 4 rings (SSSR count). The molecule has 0 aromatic carbocycles. The summed E-state index contributed by atoms with van der Waals surface area (Å²) in [5.74, 6) is -0.262. The molecule has 1 saturated carbocycles. The summed E-state index contributed by atoms with van der Waals surface area (Å²) in [6, 6.07) is 0. The molecule has 0 aromatic rings. The lowest BCUT2D eigenvalue weighted by atomic mass is 9.73. The minimum atomic E-state index is -0.262. The van der Waals surface area contributed by atoms with E-state index < -0.39 is 0 Å². The van der Waals surface area contributed by atoms with E-state index in [-0.39, 0.29) is 11.3 Å². The third-order valence-corrected chi connectivity index (χ3v) is 6.16. The molecule has 0 atom stereocenters. The molecule has 23 heavy (non-hydrogen) atoms. The SMILES string of the molecule is C1=CCC=C(C2(N3CCC4(CC3)OCCO4)CCCCC2)C=C1. The van der Waals surface area contributed by atoms with Crippen molar-refractivity contribution < 1.29 is 9.47 Å². The number of hydrogen-bond acceptors (Lipinski definition) is 3. The van der Waals surface area contributed by atoms with Crippen molar-refractivity contribution >= 4 is 0 Å². The van der Waals surface area contributed by atoms with Gasteiger partial charge in [0.25, 0.3) is 0 Å². The van der Waals surface area contributed by atoms with Gasteiger partial charge in [-0.2, -0.15) is 0 Å². The molecule has 2 aliphatic carbocycles. The van der Waals surface area contributed by atoms with Gasteiger partial charge < -0.3 is 9.47 Å². The third-order valence-electron chi connectivity index (χ3n) is 6.16. The van der Waals surface area contributed by atoms with E-state index in [2.05, 4.69) is 35.3 Å². The molecular formula is C20H29NO2. The summed E-state index contributed by atoms with van der Waals surface area (Å²) in [6.07, 6.45) is 21.3. The van der Waals surface area contributed by atoms with Crippen LogP contribution in [-0.4, -0.2) is 42.5 Å². The van der Waals surface area contributed by atoms with E-state index in [0.717, 1.165) is 45.6 Å². The zero-order valence-electron chi connectivity index (χ0n) is 14.1. The predicted octanol–water partition coefficient (Wildman–Crippen LogP) is 3.97. The quantitative estimate of drug-likeness (QED) is 0.769. The molecule has 3 nitrogen and oxygen atoms in total. The van der Waals surface area contributed by atoms with Gasteiger partial charge in [-0.15, -0.1) is 0 Å². The normalized spacial score (nSPS) is 30.3. The third kappa shape index (κ3) is 2.95. The molecule has 0 aromatic heterocycles.